The summed E-state index contributed by atoms with van der Waals surface area (Å²) in [7, 11) is 1.63. The molecule has 6 nitrogen and oxygen atoms in total. The fourth-order valence-corrected chi connectivity index (χ4v) is 4.57. The first-order valence-electron chi connectivity index (χ1n) is 8.84. The molecule has 2 atom stereocenters. The van der Waals surface area contributed by atoms with Crippen LogP contribution in [0.15, 0.2) is 24.3 Å². The Morgan fingerprint density at radius 1 is 1.28 bits per heavy atom. The smallest absolute Gasteiger partial charge is 0.233 e. The molecule has 2 amide bonds. The lowest BCUT2D eigenvalue weighted by atomic mass is 9.74. The van der Waals surface area contributed by atoms with Gasteiger partial charge in [-0.2, -0.15) is 0 Å². The molecule has 1 saturated carbocycles. The maximum absolute atomic E-state index is 13.4. The predicted octanol–water partition coefficient (Wildman–Crippen LogP) is 1.08. The van der Waals surface area contributed by atoms with Gasteiger partial charge in [0.05, 0.1) is 24.5 Å². The Bertz CT molecular complexity index is 715. The van der Waals surface area contributed by atoms with Crippen LogP contribution in [0.3, 0.4) is 0 Å². The number of carbonyl (C=O) groups is 2. The molecular formula is C19H24N2O4. The highest BCUT2D eigenvalue weighted by Crippen LogP contribution is 2.54. The summed E-state index contributed by atoms with van der Waals surface area (Å²) < 4.78 is 11.0. The number of likely N-dealkylation sites (tertiary alicyclic amines) is 1. The fraction of sp³-hybridized carbons (Fsp3) is 0.579. The predicted molar refractivity (Wildman–Crippen MR) is 91.0 cm³/mol. The van der Waals surface area contributed by atoms with Crippen molar-refractivity contribution in [2.75, 3.05) is 33.4 Å². The van der Waals surface area contributed by atoms with Gasteiger partial charge in [-0.25, -0.2) is 0 Å². The zero-order chi connectivity index (χ0) is 17.7. The van der Waals surface area contributed by atoms with Crippen LogP contribution in [0.4, 0.5) is 0 Å². The van der Waals surface area contributed by atoms with Gasteiger partial charge < -0.3 is 20.1 Å². The number of benzene rings is 1. The van der Waals surface area contributed by atoms with Crippen molar-refractivity contribution >= 4 is 11.8 Å². The average Bonchev–Trinajstić information content (AvgIpc) is 3.34. The molecule has 0 unspecified atom stereocenters. The second-order valence-corrected chi connectivity index (χ2v) is 7.51. The van der Waals surface area contributed by atoms with Gasteiger partial charge in [-0.3, -0.25) is 9.59 Å². The van der Waals surface area contributed by atoms with Gasteiger partial charge in [0, 0.05) is 31.2 Å². The number of methoxy groups -OCH3 is 1. The number of primary amides is 1. The number of ether oxygens (including phenoxy) is 2. The third-order valence-electron chi connectivity index (χ3n) is 6.27. The van der Waals surface area contributed by atoms with E-state index in [2.05, 4.69) is 0 Å². The summed E-state index contributed by atoms with van der Waals surface area (Å²) in [5, 5.41) is 0. The highest BCUT2D eigenvalue weighted by atomic mass is 16.5. The van der Waals surface area contributed by atoms with Gasteiger partial charge in [-0.05, 0) is 25.3 Å². The number of carbonyl (C=O) groups excluding carboxylic acids is 2. The highest BCUT2D eigenvalue weighted by molar-refractivity contribution is 5.93. The Morgan fingerprint density at radius 3 is 2.68 bits per heavy atom. The Kier molecular flexibility index (Phi) is 3.76. The van der Waals surface area contributed by atoms with E-state index in [1.54, 1.807) is 7.11 Å². The molecule has 4 rings (SSSR count). The lowest BCUT2D eigenvalue weighted by Gasteiger charge is -2.35. The standard InChI is InChI=1S/C19H24N2O4/c1-24-15-5-3-2-4-14(15)18(6-7-18)17(23)21-10-13-11-25-9-8-19(13,12-21)16(20)22/h2-5,13H,6-12H2,1H3,(H2,20,22)/t13-,19+/m1/s1. The number of nitrogens with two attached hydrogens (primary N) is 1. The molecule has 2 saturated heterocycles. The molecule has 1 aromatic rings. The molecule has 0 bridgehead atoms. The number of nitrogens with zero attached hydrogens (tertiary/aromatic N) is 1. The summed E-state index contributed by atoms with van der Waals surface area (Å²) >= 11 is 0. The second kappa shape index (κ2) is 5.73. The van der Waals surface area contributed by atoms with E-state index in [1.807, 2.05) is 29.2 Å². The zero-order valence-corrected chi connectivity index (χ0v) is 14.5. The van der Waals surface area contributed by atoms with E-state index in [-0.39, 0.29) is 17.7 Å². The molecule has 2 aliphatic heterocycles. The topological polar surface area (TPSA) is 81.9 Å². The lowest BCUT2D eigenvalue weighted by Crippen LogP contribution is -2.49. The summed E-state index contributed by atoms with van der Waals surface area (Å²) in [4.78, 5) is 27.4. The molecule has 1 aromatic carbocycles. The lowest BCUT2D eigenvalue weighted by molar-refractivity contribution is -0.137. The molecule has 2 heterocycles. The molecule has 3 fully saturated rings. The Balaban J connectivity index is 1.63. The first-order chi connectivity index (χ1) is 12.0. The van der Waals surface area contributed by atoms with Crippen molar-refractivity contribution in [3.05, 3.63) is 29.8 Å². The number of rotatable bonds is 4. The van der Waals surface area contributed by atoms with Gasteiger partial charge in [-0.15, -0.1) is 0 Å². The number of para-hydroxylation sites is 1. The van der Waals surface area contributed by atoms with E-state index >= 15 is 0 Å². The van der Waals surface area contributed by atoms with Crippen LogP contribution in [0.5, 0.6) is 5.75 Å². The van der Waals surface area contributed by atoms with Gasteiger partial charge >= 0.3 is 0 Å². The second-order valence-electron chi connectivity index (χ2n) is 7.51. The van der Waals surface area contributed by atoms with Gasteiger partial charge in [0.1, 0.15) is 5.75 Å². The SMILES string of the molecule is COc1ccccc1C1(C(=O)N2C[C@@H]3COCC[C@]3(C(N)=O)C2)CC1. The van der Waals surface area contributed by atoms with E-state index < -0.39 is 10.8 Å². The maximum atomic E-state index is 13.4. The van der Waals surface area contributed by atoms with E-state index in [0.717, 1.165) is 24.2 Å². The van der Waals surface area contributed by atoms with Crippen molar-refractivity contribution in [2.45, 2.75) is 24.7 Å². The molecule has 2 N–H and O–H groups in total. The molecule has 25 heavy (non-hydrogen) atoms. The summed E-state index contributed by atoms with van der Waals surface area (Å²) in [5.74, 6) is 0.527. The van der Waals surface area contributed by atoms with Crippen molar-refractivity contribution in [2.24, 2.45) is 17.1 Å². The number of amides is 2. The van der Waals surface area contributed by atoms with Crippen molar-refractivity contribution in [1.82, 2.24) is 4.90 Å². The van der Waals surface area contributed by atoms with Crippen molar-refractivity contribution < 1.29 is 19.1 Å². The van der Waals surface area contributed by atoms with Crippen LogP contribution in [-0.2, 0) is 19.7 Å². The Morgan fingerprint density at radius 2 is 2.04 bits per heavy atom. The van der Waals surface area contributed by atoms with Crippen LogP contribution >= 0.6 is 0 Å². The minimum Gasteiger partial charge on any atom is -0.496 e. The third-order valence-corrected chi connectivity index (χ3v) is 6.27. The van der Waals surface area contributed by atoms with Crippen molar-refractivity contribution in [3.8, 4) is 5.75 Å². The average molecular weight is 344 g/mol. The maximum Gasteiger partial charge on any atom is 0.233 e. The zero-order valence-electron chi connectivity index (χ0n) is 14.5. The monoisotopic (exact) mass is 344 g/mol. The minimum atomic E-state index is -0.634. The van der Waals surface area contributed by atoms with E-state index in [0.29, 0.717) is 32.7 Å². The summed E-state index contributed by atoms with van der Waals surface area (Å²) in [6, 6.07) is 7.71. The van der Waals surface area contributed by atoms with Crippen LogP contribution in [0.1, 0.15) is 24.8 Å². The van der Waals surface area contributed by atoms with Crippen molar-refractivity contribution in [3.63, 3.8) is 0 Å². The first-order valence-corrected chi connectivity index (χ1v) is 8.84. The molecule has 6 heteroatoms. The minimum absolute atomic E-state index is 0.00355. The molecular weight excluding hydrogens is 320 g/mol. The summed E-state index contributed by atoms with van der Waals surface area (Å²) in [6.45, 7) is 1.97. The molecule has 1 aliphatic carbocycles. The number of hydrogen-bond acceptors (Lipinski definition) is 4. The fourth-order valence-electron chi connectivity index (χ4n) is 4.57. The van der Waals surface area contributed by atoms with Gasteiger partial charge in [-0.1, -0.05) is 18.2 Å². The molecule has 0 spiro atoms. The summed E-state index contributed by atoms with van der Waals surface area (Å²) in [5.41, 5.74) is 5.53. The van der Waals surface area contributed by atoms with Crippen LogP contribution < -0.4 is 10.5 Å². The van der Waals surface area contributed by atoms with Gasteiger partial charge in [0.2, 0.25) is 11.8 Å². The third kappa shape index (κ3) is 2.34. The Labute approximate surface area is 147 Å². The van der Waals surface area contributed by atoms with Gasteiger partial charge in [0.25, 0.3) is 0 Å². The van der Waals surface area contributed by atoms with Crippen LogP contribution in [0.25, 0.3) is 0 Å². The van der Waals surface area contributed by atoms with Crippen LogP contribution in [0.2, 0.25) is 0 Å². The van der Waals surface area contributed by atoms with E-state index in [9.17, 15) is 9.59 Å². The number of hydrogen-bond donors (Lipinski definition) is 1. The first kappa shape index (κ1) is 16.4. The Hall–Kier alpha value is -2.08. The normalized spacial score (nSPS) is 29.8. The van der Waals surface area contributed by atoms with E-state index in [4.69, 9.17) is 15.2 Å². The van der Waals surface area contributed by atoms with Crippen LogP contribution in [-0.4, -0.2) is 50.1 Å². The van der Waals surface area contributed by atoms with E-state index in [1.165, 1.54) is 0 Å². The van der Waals surface area contributed by atoms with Crippen LogP contribution in [0, 0.1) is 11.3 Å². The summed E-state index contributed by atoms with van der Waals surface area (Å²) in [6.07, 6.45) is 2.22. The molecule has 134 valence electrons. The quantitative estimate of drug-likeness (QED) is 0.886. The van der Waals surface area contributed by atoms with Crippen molar-refractivity contribution in [1.29, 1.82) is 0 Å². The number of fused-ring (bicyclic) bond motifs is 1. The largest absolute Gasteiger partial charge is 0.496 e. The van der Waals surface area contributed by atoms with Gasteiger partial charge in [0.15, 0.2) is 0 Å². The molecule has 0 aromatic heterocycles. The highest BCUT2D eigenvalue weighted by Gasteiger charge is 2.60. The molecule has 0 radical (unpaired) electrons. The molecule has 3 aliphatic rings.